The van der Waals surface area contributed by atoms with E-state index in [1.165, 1.54) is 141 Å². The lowest BCUT2D eigenvalue weighted by Crippen LogP contribution is -2.42. The highest BCUT2D eigenvalue weighted by Crippen LogP contribution is 2.14. The largest absolute Gasteiger partial charge is 0.499 e. The molecule has 0 aliphatic carbocycles. The maximum atomic E-state index is 12.5. The smallest absolute Gasteiger partial charge is 0.317 e. The number of ether oxygens (including phenoxy) is 1. The first-order valence-corrected chi connectivity index (χ1v) is 23.6. The Morgan fingerprint density at radius 1 is 0.500 bits per heavy atom. The van der Waals surface area contributed by atoms with Gasteiger partial charge in [-0.1, -0.05) is 231 Å². The van der Waals surface area contributed by atoms with E-state index in [0.717, 1.165) is 57.6 Å². The number of urea groups is 1. The Balaban J connectivity index is -0.000000261. The molecule has 0 rings (SSSR count). The molecule has 0 radical (unpaired) electrons. The lowest BCUT2D eigenvalue weighted by atomic mass is 10.1. The van der Waals surface area contributed by atoms with E-state index in [9.17, 15) is 4.79 Å². The van der Waals surface area contributed by atoms with Gasteiger partial charge in [-0.2, -0.15) is 0 Å². The summed E-state index contributed by atoms with van der Waals surface area (Å²) in [5.74, 6) is 0.952. The summed E-state index contributed by atoms with van der Waals surface area (Å²) < 4.78 is 5.81. The first-order chi connectivity index (χ1) is 25.6. The number of rotatable bonds is 33. The minimum atomic E-state index is 0.0517. The normalized spacial score (nSPS) is 9.56. The number of carbonyl (C=O) groups excluding carboxylic acids is 1. The van der Waals surface area contributed by atoms with Gasteiger partial charge in [-0.05, 0) is 25.7 Å². The SMILES string of the molecule is C=C(CCCCCCCN(CCCCCCCCC)C(=O)NCCN)OCCCCCCCCC.CC.CC.CC.CC.CCCCCCCCC. The lowest BCUT2D eigenvalue weighted by molar-refractivity contribution is 0.193. The van der Waals surface area contributed by atoms with Gasteiger partial charge in [0.1, 0.15) is 0 Å². The lowest BCUT2D eigenvalue weighted by Gasteiger charge is -2.23. The molecule has 0 aromatic heterocycles. The van der Waals surface area contributed by atoms with Gasteiger partial charge in [-0.15, -0.1) is 0 Å². The molecule has 3 N–H and O–H groups in total. The van der Waals surface area contributed by atoms with Gasteiger partial charge < -0.3 is 20.7 Å². The summed E-state index contributed by atoms with van der Waals surface area (Å²) >= 11 is 0. The van der Waals surface area contributed by atoms with Crippen molar-refractivity contribution in [1.29, 1.82) is 0 Å². The highest BCUT2D eigenvalue weighted by Gasteiger charge is 2.12. The number of nitrogens with zero attached hydrogens (tertiary/aromatic N) is 1. The van der Waals surface area contributed by atoms with Gasteiger partial charge in [0.05, 0.1) is 12.4 Å². The van der Waals surface area contributed by atoms with Gasteiger partial charge in [0.15, 0.2) is 0 Å². The molecule has 0 aromatic carbocycles. The summed E-state index contributed by atoms with van der Waals surface area (Å²) in [4.78, 5) is 14.5. The van der Waals surface area contributed by atoms with E-state index in [-0.39, 0.29) is 6.03 Å². The van der Waals surface area contributed by atoms with E-state index >= 15 is 0 Å². The van der Waals surface area contributed by atoms with Gasteiger partial charge in [-0.25, -0.2) is 4.79 Å². The Bertz CT molecular complexity index is 565. The Morgan fingerprint density at radius 2 is 0.808 bits per heavy atom. The Labute approximate surface area is 332 Å². The Kier molecular flexibility index (Phi) is 81.9. The highest BCUT2D eigenvalue weighted by atomic mass is 16.5. The molecule has 5 nitrogen and oxygen atoms in total. The molecule has 5 heteroatoms. The van der Waals surface area contributed by atoms with Crippen LogP contribution in [0.2, 0.25) is 0 Å². The van der Waals surface area contributed by atoms with Crippen molar-refractivity contribution in [2.45, 2.75) is 256 Å². The second-order valence-corrected chi connectivity index (χ2v) is 12.9. The van der Waals surface area contributed by atoms with Crippen LogP contribution in [-0.2, 0) is 4.74 Å². The number of hydrogen-bond donors (Lipinski definition) is 2. The van der Waals surface area contributed by atoms with Crippen LogP contribution >= 0.6 is 0 Å². The van der Waals surface area contributed by atoms with Crippen molar-refractivity contribution in [3.63, 3.8) is 0 Å². The summed E-state index contributed by atoms with van der Waals surface area (Å²) in [7, 11) is 0. The Morgan fingerprint density at radius 3 is 1.15 bits per heavy atom. The third-order valence-electron chi connectivity index (χ3n) is 8.38. The number of amides is 2. The van der Waals surface area contributed by atoms with Gasteiger partial charge >= 0.3 is 6.03 Å². The van der Waals surface area contributed by atoms with Crippen LogP contribution in [0.3, 0.4) is 0 Å². The van der Waals surface area contributed by atoms with E-state index in [2.05, 4.69) is 39.6 Å². The number of nitrogens with two attached hydrogens (primary N) is 1. The van der Waals surface area contributed by atoms with Crippen molar-refractivity contribution in [2.24, 2.45) is 5.73 Å². The molecular weight excluding hydrogens is 639 g/mol. The zero-order chi connectivity index (χ0) is 40.8. The first-order valence-electron chi connectivity index (χ1n) is 23.6. The zero-order valence-corrected chi connectivity index (χ0v) is 38.7. The molecule has 0 fully saturated rings. The molecule has 2 amide bonds. The number of unbranched alkanes of at least 4 members (excludes halogenated alkanes) is 22. The number of hydrogen-bond acceptors (Lipinski definition) is 3. The van der Waals surface area contributed by atoms with Crippen LogP contribution in [0.25, 0.3) is 0 Å². The van der Waals surface area contributed by atoms with Crippen LogP contribution in [-0.4, -0.2) is 43.7 Å². The van der Waals surface area contributed by atoms with Gasteiger partial charge in [-0.3, -0.25) is 0 Å². The van der Waals surface area contributed by atoms with Crippen LogP contribution in [0.5, 0.6) is 0 Å². The van der Waals surface area contributed by atoms with E-state index in [0.29, 0.717) is 13.1 Å². The first kappa shape index (κ1) is 62.7. The molecular formula is C47H105N3O2. The standard InChI is InChI=1S/C30H61N3O2.C9H20.4C2H6/c1-4-6-8-10-12-16-20-26-33(30(34)32-25-24-31)27-21-17-14-15-19-23-29(3)35-28-22-18-13-11-9-7-5-2;1-3-5-7-9-8-6-4-2;4*1-2/h3-28,31H2,1-2H3,(H,32,34);3-9H2,1-2H3;4*1-2H3. The van der Waals surface area contributed by atoms with Crippen LogP contribution in [0.4, 0.5) is 4.79 Å². The van der Waals surface area contributed by atoms with E-state index < -0.39 is 0 Å². The number of carbonyl (C=O) groups is 1. The third-order valence-corrected chi connectivity index (χ3v) is 8.38. The summed E-state index contributed by atoms with van der Waals surface area (Å²) in [5, 5.41) is 2.95. The number of nitrogens with one attached hydrogen (secondary N) is 1. The molecule has 0 bridgehead atoms. The highest BCUT2D eigenvalue weighted by molar-refractivity contribution is 5.74. The zero-order valence-electron chi connectivity index (χ0n) is 38.7. The average molecular weight is 744 g/mol. The van der Waals surface area contributed by atoms with Crippen molar-refractivity contribution in [3.8, 4) is 0 Å². The molecule has 0 aromatic rings. The molecule has 0 unspecified atom stereocenters. The van der Waals surface area contributed by atoms with Gasteiger partial charge in [0.2, 0.25) is 0 Å². The summed E-state index contributed by atoms with van der Waals surface area (Å²) in [6.07, 6.45) is 34.8. The quantitative estimate of drug-likeness (QED) is 0.0519. The molecule has 0 saturated heterocycles. The fourth-order valence-electron chi connectivity index (χ4n) is 5.40. The minimum absolute atomic E-state index is 0.0517. The van der Waals surface area contributed by atoms with Crippen LogP contribution in [0.1, 0.15) is 256 Å². The minimum Gasteiger partial charge on any atom is -0.499 e. The van der Waals surface area contributed by atoms with Gasteiger partial charge in [0, 0.05) is 32.6 Å². The maximum absolute atomic E-state index is 12.5. The molecule has 0 aliphatic rings. The molecule has 52 heavy (non-hydrogen) atoms. The van der Waals surface area contributed by atoms with E-state index in [1.54, 1.807) is 0 Å². The van der Waals surface area contributed by atoms with E-state index in [4.69, 9.17) is 10.5 Å². The summed E-state index contributed by atoms with van der Waals surface area (Å²) in [6, 6.07) is 0.0517. The summed E-state index contributed by atoms with van der Waals surface area (Å²) in [5.41, 5.74) is 5.56. The summed E-state index contributed by atoms with van der Waals surface area (Å²) in [6.45, 7) is 32.7. The third kappa shape index (κ3) is 63.8. The van der Waals surface area contributed by atoms with E-state index in [1.807, 2.05) is 60.3 Å². The second kappa shape index (κ2) is 67.8. The van der Waals surface area contributed by atoms with Crippen molar-refractivity contribution in [2.75, 3.05) is 32.8 Å². The molecule has 0 saturated carbocycles. The average Bonchev–Trinajstić information content (AvgIpc) is 3.19. The molecule has 0 spiro atoms. The van der Waals surface area contributed by atoms with Crippen molar-refractivity contribution in [3.05, 3.63) is 12.3 Å². The van der Waals surface area contributed by atoms with Crippen LogP contribution in [0.15, 0.2) is 12.3 Å². The fraction of sp³-hybridized carbons (Fsp3) is 0.936. The predicted octanol–water partition coefficient (Wildman–Crippen LogP) is 16.2. The van der Waals surface area contributed by atoms with Crippen LogP contribution in [0, 0.1) is 0 Å². The molecule has 0 heterocycles. The fourth-order valence-corrected chi connectivity index (χ4v) is 5.40. The number of allylic oxidation sites excluding steroid dienone is 1. The molecule has 0 aliphatic heterocycles. The molecule has 320 valence electrons. The predicted molar refractivity (Wildman–Crippen MR) is 242 cm³/mol. The maximum Gasteiger partial charge on any atom is 0.317 e. The van der Waals surface area contributed by atoms with Crippen molar-refractivity contribution in [1.82, 2.24) is 10.2 Å². The monoisotopic (exact) mass is 744 g/mol. The Hall–Kier alpha value is -1.23. The molecule has 0 atom stereocenters. The topological polar surface area (TPSA) is 67.6 Å². The van der Waals surface area contributed by atoms with Crippen LogP contribution < -0.4 is 11.1 Å². The second-order valence-electron chi connectivity index (χ2n) is 12.9. The van der Waals surface area contributed by atoms with Gasteiger partial charge in [0.25, 0.3) is 0 Å². The van der Waals surface area contributed by atoms with Crippen molar-refractivity contribution >= 4 is 6.03 Å². The van der Waals surface area contributed by atoms with Crippen molar-refractivity contribution < 1.29 is 9.53 Å².